The van der Waals surface area contributed by atoms with Gasteiger partial charge in [0.05, 0.1) is 18.8 Å². The predicted octanol–water partition coefficient (Wildman–Crippen LogP) is 3.14. The predicted molar refractivity (Wildman–Crippen MR) is 97.6 cm³/mol. The minimum absolute atomic E-state index is 0.327. The molecule has 5 nitrogen and oxygen atoms in total. The van der Waals surface area contributed by atoms with E-state index in [-0.39, 0.29) is 0 Å². The number of imidazole rings is 1. The van der Waals surface area contributed by atoms with Crippen LogP contribution in [0.25, 0.3) is 0 Å². The fourth-order valence-corrected chi connectivity index (χ4v) is 3.55. The van der Waals surface area contributed by atoms with Crippen molar-refractivity contribution in [2.45, 2.75) is 38.3 Å². The maximum absolute atomic E-state index is 5.50. The van der Waals surface area contributed by atoms with Crippen LogP contribution in [0, 0.1) is 0 Å². The molecule has 1 atom stereocenters. The molecular weight excluding hydrogens is 300 g/mol. The van der Waals surface area contributed by atoms with E-state index in [0.717, 1.165) is 43.9 Å². The number of para-hydroxylation sites is 2. The molecule has 2 aromatic rings. The lowest BCUT2D eigenvalue weighted by molar-refractivity contribution is 0.350. The first-order valence-electron chi connectivity index (χ1n) is 8.84. The Morgan fingerprint density at radius 2 is 2.04 bits per heavy atom. The third-order valence-corrected chi connectivity index (χ3v) is 4.94. The third kappa shape index (κ3) is 3.56. The van der Waals surface area contributed by atoms with Gasteiger partial charge >= 0.3 is 0 Å². The highest BCUT2D eigenvalue weighted by Crippen LogP contribution is 2.30. The average molecular weight is 328 g/mol. The zero-order valence-corrected chi connectivity index (χ0v) is 14.9. The Labute approximate surface area is 144 Å². The monoisotopic (exact) mass is 328 g/mol. The summed E-state index contributed by atoms with van der Waals surface area (Å²) in [6, 6.07) is 9.15. The number of aromatic nitrogens is 2. The van der Waals surface area contributed by atoms with Crippen molar-refractivity contribution in [3.05, 3.63) is 42.5 Å². The van der Waals surface area contributed by atoms with Crippen molar-refractivity contribution in [2.75, 3.05) is 25.1 Å². The molecule has 1 fully saturated rings. The van der Waals surface area contributed by atoms with Gasteiger partial charge in [0, 0.05) is 38.6 Å². The van der Waals surface area contributed by atoms with Crippen LogP contribution in [-0.2, 0) is 7.05 Å². The Hall–Kier alpha value is -2.01. The maximum Gasteiger partial charge on any atom is 0.142 e. The van der Waals surface area contributed by atoms with Crippen LogP contribution in [0.15, 0.2) is 36.7 Å². The summed E-state index contributed by atoms with van der Waals surface area (Å²) in [4.78, 5) is 6.94. The van der Waals surface area contributed by atoms with E-state index in [4.69, 9.17) is 4.74 Å². The fourth-order valence-electron chi connectivity index (χ4n) is 3.55. The van der Waals surface area contributed by atoms with Crippen LogP contribution >= 0.6 is 0 Å². The molecule has 1 aliphatic heterocycles. The Balaban J connectivity index is 1.60. The van der Waals surface area contributed by atoms with Gasteiger partial charge in [-0.1, -0.05) is 19.1 Å². The topological polar surface area (TPSA) is 42.3 Å². The van der Waals surface area contributed by atoms with Gasteiger partial charge in [-0.3, -0.25) is 0 Å². The molecule has 130 valence electrons. The number of aryl methyl sites for hydroxylation is 1. The highest BCUT2D eigenvalue weighted by molar-refractivity contribution is 5.58. The Bertz CT molecular complexity index is 646. The first-order valence-corrected chi connectivity index (χ1v) is 8.84. The van der Waals surface area contributed by atoms with E-state index < -0.39 is 0 Å². The molecule has 0 saturated carbocycles. The van der Waals surface area contributed by atoms with Gasteiger partial charge in [-0.2, -0.15) is 0 Å². The summed E-state index contributed by atoms with van der Waals surface area (Å²) < 4.78 is 7.62. The van der Waals surface area contributed by atoms with Gasteiger partial charge in [0.15, 0.2) is 0 Å². The molecule has 2 heterocycles. The van der Waals surface area contributed by atoms with E-state index in [9.17, 15) is 0 Å². The van der Waals surface area contributed by atoms with E-state index in [0.29, 0.717) is 12.1 Å². The van der Waals surface area contributed by atoms with Crippen LogP contribution in [0.3, 0.4) is 0 Å². The van der Waals surface area contributed by atoms with Crippen LogP contribution in [0.5, 0.6) is 5.75 Å². The molecule has 1 saturated heterocycles. The molecule has 1 aliphatic rings. The summed E-state index contributed by atoms with van der Waals surface area (Å²) in [5.74, 6) is 2.09. The minimum Gasteiger partial charge on any atom is -0.495 e. The second kappa shape index (κ2) is 7.71. The third-order valence-electron chi connectivity index (χ3n) is 4.94. The SMILES string of the molecule is CCC(NC1CCN(c2ccccc2OC)CC1)c1nccn1C. The fraction of sp³-hybridized carbons (Fsp3) is 0.526. The van der Waals surface area contributed by atoms with Crippen LogP contribution < -0.4 is 15.0 Å². The first kappa shape index (κ1) is 16.8. The van der Waals surface area contributed by atoms with Crippen molar-refractivity contribution >= 4 is 5.69 Å². The van der Waals surface area contributed by atoms with Gasteiger partial charge in [-0.05, 0) is 31.4 Å². The number of hydrogen-bond donors (Lipinski definition) is 1. The molecule has 3 rings (SSSR count). The number of hydrogen-bond acceptors (Lipinski definition) is 4. The Morgan fingerprint density at radius 3 is 2.67 bits per heavy atom. The smallest absolute Gasteiger partial charge is 0.142 e. The van der Waals surface area contributed by atoms with E-state index in [1.165, 1.54) is 5.69 Å². The quantitative estimate of drug-likeness (QED) is 0.884. The summed E-state index contributed by atoms with van der Waals surface area (Å²) in [5.41, 5.74) is 1.20. The van der Waals surface area contributed by atoms with Crippen molar-refractivity contribution in [1.29, 1.82) is 0 Å². The normalized spacial score (nSPS) is 17.0. The summed E-state index contributed by atoms with van der Waals surface area (Å²) in [6.45, 7) is 4.32. The second-order valence-electron chi connectivity index (χ2n) is 6.46. The largest absolute Gasteiger partial charge is 0.495 e. The number of benzene rings is 1. The Kier molecular flexibility index (Phi) is 5.41. The van der Waals surface area contributed by atoms with Crippen molar-refractivity contribution in [1.82, 2.24) is 14.9 Å². The molecule has 0 amide bonds. The summed E-state index contributed by atoms with van der Waals surface area (Å²) in [5, 5.41) is 3.81. The number of piperidine rings is 1. The van der Waals surface area contributed by atoms with E-state index in [1.807, 2.05) is 24.5 Å². The van der Waals surface area contributed by atoms with Crippen molar-refractivity contribution in [2.24, 2.45) is 7.05 Å². The highest BCUT2D eigenvalue weighted by atomic mass is 16.5. The van der Waals surface area contributed by atoms with Crippen molar-refractivity contribution in [3.8, 4) is 5.75 Å². The van der Waals surface area contributed by atoms with Gasteiger partial charge in [0.2, 0.25) is 0 Å². The maximum atomic E-state index is 5.50. The lowest BCUT2D eigenvalue weighted by atomic mass is 10.0. The molecule has 0 bridgehead atoms. The van der Waals surface area contributed by atoms with E-state index >= 15 is 0 Å². The number of ether oxygens (including phenoxy) is 1. The van der Waals surface area contributed by atoms with Gasteiger partial charge < -0.3 is 19.5 Å². The zero-order valence-electron chi connectivity index (χ0n) is 14.9. The first-order chi connectivity index (χ1) is 11.7. The molecule has 0 aliphatic carbocycles. The lowest BCUT2D eigenvalue weighted by Crippen LogP contribution is -2.44. The van der Waals surface area contributed by atoms with Gasteiger partial charge in [-0.25, -0.2) is 4.98 Å². The van der Waals surface area contributed by atoms with Gasteiger partial charge in [-0.15, -0.1) is 0 Å². The van der Waals surface area contributed by atoms with E-state index in [1.54, 1.807) is 7.11 Å². The molecule has 0 spiro atoms. The van der Waals surface area contributed by atoms with Gasteiger partial charge in [0.25, 0.3) is 0 Å². The minimum atomic E-state index is 0.327. The van der Waals surface area contributed by atoms with E-state index in [2.05, 4.69) is 45.9 Å². The average Bonchev–Trinajstić information content (AvgIpc) is 3.06. The second-order valence-corrected chi connectivity index (χ2v) is 6.46. The molecule has 5 heteroatoms. The molecule has 1 aromatic carbocycles. The van der Waals surface area contributed by atoms with Crippen molar-refractivity contribution in [3.63, 3.8) is 0 Å². The molecule has 1 N–H and O–H groups in total. The zero-order chi connectivity index (χ0) is 16.9. The number of methoxy groups -OCH3 is 1. The molecule has 1 unspecified atom stereocenters. The van der Waals surface area contributed by atoms with Gasteiger partial charge in [0.1, 0.15) is 11.6 Å². The number of nitrogens with one attached hydrogen (secondary N) is 1. The highest BCUT2D eigenvalue weighted by Gasteiger charge is 2.24. The summed E-state index contributed by atoms with van der Waals surface area (Å²) >= 11 is 0. The standard InChI is InChI=1S/C19H28N4O/c1-4-16(19-20-11-14-22(19)2)21-15-9-12-23(13-10-15)17-7-5-6-8-18(17)24-3/h5-8,11,14-16,21H,4,9-10,12-13H2,1-3H3. The summed E-state index contributed by atoms with van der Waals surface area (Å²) in [6.07, 6.45) is 7.23. The molecule has 0 radical (unpaired) electrons. The van der Waals surface area contributed by atoms with Crippen molar-refractivity contribution < 1.29 is 4.74 Å². The number of rotatable bonds is 6. The van der Waals surface area contributed by atoms with Crippen LogP contribution in [-0.4, -0.2) is 35.8 Å². The van der Waals surface area contributed by atoms with Crippen LogP contribution in [0.4, 0.5) is 5.69 Å². The molecule has 1 aromatic heterocycles. The number of nitrogens with zero attached hydrogens (tertiary/aromatic N) is 3. The van der Waals surface area contributed by atoms with Crippen LogP contribution in [0.1, 0.15) is 38.1 Å². The summed E-state index contributed by atoms with van der Waals surface area (Å²) in [7, 11) is 3.81. The number of anilines is 1. The Morgan fingerprint density at radius 1 is 1.29 bits per heavy atom. The lowest BCUT2D eigenvalue weighted by Gasteiger charge is -2.36. The van der Waals surface area contributed by atoms with Crippen LogP contribution in [0.2, 0.25) is 0 Å². The molecular formula is C19H28N4O. The molecule has 24 heavy (non-hydrogen) atoms.